The lowest BCUT2D eigenvalue weighted by molar-refractivity contribution is -0.137. The number of hydrogen-bond acceptors (Lipinski definition) is 3. The fourth-order valence-corrected chi connectivity index (χ4v) is 1.79. The van der Waals surface area contributed by atoms with E-state index in [4.69, 9.17) is 17.1 Å². The number of esters is 1. The van der Waals surface area contributed by atoms with E-state index in [0.717, 1.165) is 4.88 Å². The van der Waals surface area contributed by atoms with Crippen LogP contribution in [0.3, 0.4) is 0 Å². The van der Waals surface area contributed by atoms with Crippen molar-refractivity contribution in [2.45, 2.75) is 0 Å². The molecule has 4 nitrogen and oxygen atoms in total. The number of thiophene rings is 1. The second-order valence-corrected chi connectivity index (χ2v) is 4.20. The Morgan fingerprint density at radius 3 is 2.87 bits per heavy atom. The minimum atomic E-state index is -0.698. The van der Waals surface area contributed by atoms with E-state index in [9.17, 15) is 4.79 Å². The van der Waals surface area contributed by atoms with Crippen LogP contribution in [0.1, 0.15) is 4.88 Å². The third kappa shape index (κ3) is 3.32. The maximum atomic E-state index is 11.0. The molecule has 0 fully saturated rings. The summed E-state index contributed by atoms with van der Waals surface area (Å²) in [6.07, 6.45) is 2.97. The van der Waals surface area contributed by atoms with Gasteiger partial charge in [-0.25, -0.2) is 4.79 Å². The summed E-state index contributed by atoms with van der Waals surface area (Å²) in [7, 11) is 1.21. The number of hydrogen-bond donors (Lipinski definition) is 0. The Morgan fingerprint density at radius 1 is 1.67 bits per heavy atom. The van der Waals surface area contributed by atoms with Crippen LogP contribution >= 0.6 is 22.9 Å². The maximum absolute atomic E-state index is 11.0. The third-order valence-corrected chi connectivity index (χ3v) is 2.70. The summed E-state index contributed by atoms with van der Waals surface area (Å²) >= 11 is 7.06. The van der Waals surface area contributed by atoms with Crippen molar-refractivity contribution in [2.24, 2.45) is 0 Å². The molecule has 0 atom stereocenters. The van der Waals surface area contributed by atoms with Crippen LogP contribution in [0.15, 0.2) is 18.2 Å². The SMILES string of the molecule is COC(=O)C(/C=C/c1ccc(Cl)s1)=[N+]=[N-]. The molecule has 0 N–H and O–H groups in total. The molecule has 0 spiro atoms. The van der Waals surface area contributed by atoms with Gasteiger partial charge in [0, 0.05) is 11.0 Å². The molecule has 15 heavy (non-hydrogen) atoms. The molecule has 1 aromatic heterocycles. The summed E-state index contributed by atoms with van der Waals surface area (Å²) in [6.45, 7) is 0. The molecule has 1 heterocycles. The zero-order chi connectivity index (χ0) is 11.3. The first-order chi connectivity index (χ1) is 7.17. The van der Waals surface area contributed by atoms with Crippen LogP contribution in [-0.4, -0.2) is 23.6 Å². The molecule has 0 radical (unpaired) electrons. The van der Waals surface area contributed by atoms with Gasteiger partial charge in [-0.1, -0.05) is 11.6 Å². The highest BCUT2D eigenvalue weighted by atomic mass is 35.5. The zero-order valence-electron chi connectivity index (χ0n) is 7.81. The molecule has 0 aliphatic carbocycles. The van der Waals surface area contributed by atoms with E-state index in [1.807, 2.05) is 0 Å². The highest BCUT2D eigenvalue weighted by Crippen LogP contribution is 2.22. The Kier molecular flexibility index (Phi) is 4.24. The van der Waals surface area contributed by atoms with Gasteiger partial charge < -0.3 is 10.3 Å². The molecule has 0 amide bonds. The lowest BCUT2D eigenvalue weighted by atomic mass is 10.3. The Hall–Kier alpha value is -1.42. The molecule has 78 valence electrons. The van der Waals surface area contributed by atoms with Crippen molar-refractivity contribution >= 4 is 40.7 Å². The minimum Gasteiger partial charge on any atom is -0.460 e. The predicted octanol–water partition coefficient (Wildman–Crippen LogP) is 2.26. The molecule has 0 unspecified atom stereocenters. The largest absolute Gasteiger partial charge is 0.460 e. The predicted molar refractivity (Wildman–Crippen MR) is 59.0 cm³/mol. The second-order valence-electron chi connectivity index (χ2n) is 2.45. The van der Waals surface area contributed by atoms with Crippen molar-refractivity contribution < 1.29 is 14.3 Å². The molecular weight excluding hydrogens is 236 g/mol. The molecule has 0 aliphatic heterocycles. The van der Waals surface area contributed by atoms with Crippen molar-refractivity contribution in [1.82, 2.24) is 0 Å². The Morgan fingerprint density at radius 2 is 2.40 bits per heavy atom. The maximum Gasteiger partial charge on any atom is 0.421 e. The topological polar surface area (TPSA) is 62.7 Å². The summed E-state index contributed by atoms with van der Waals surface area (Å²) in [5.41, 5.74) is 8.36. The number of carbonyl (C=O) groups is 1. The Balaban J connectivity index is 2.80. The van der Waals surface area contributed by atoms with Crippen LogP contribution in [0.25, 0.3) is 11.6 Å². The van der Waals surface area contributed by atoms with E-state index in [2.05, 4.69) is 9.53 Å². The first kappa shape index (κ1) is 11.7. The summed E-state index contributed by atoms with van der Waals surface area (Å²) in [5.74, 6) is -0.698. The van der Waals surface area contributed by atoms with E-state index in [0.29, 0.717) is 4.34 Å². The lowest BCUT2D eigenvalue weighted by Gasteiger charge is -1.87. The quantitative estimate of drug-likeness (QED) is 0.353. The van der Waals surface area contributed by atoms with E-state index in [1.54, 1.807) is 18.2 Å². The molecule has 0 aromatic carbocycles. The van der Waals surface area contributed by atoms with Gasteiger partial charge in [0.05, 0.1) is 11.4 Å². The van der Waals surface area contributed by atoms with Crippen molar-refractivity contribution in [3.8, 4) is 0 Å². The van der Waals surface area contributed by atoms with E-state index in [-0.39, 0.29) is 5.71 Å². The van der Waals surface area contributed by atoms with Crippen molar-refractivity contribution in [1.29, 1.82) is 0 Å². The normalized spacial score (nSPS) is 10.0. The molecule has 1 aromatic rings. The highest BCUT2D eigenvalue weighted by molar-refractivity contribution is 7.17. The molecule has 0 aliphatic rings. The number of rotatable bonds is 3. The van der Waals surface area contributed by atoms with Crippen molar-refractivity contribution in [3.05, 3.63) is 33.0 Å². The van der Waals surface area contributed by atoms with E-state index >= 15 is 0 Å². The van der Waals surface area contributed by atoms with E-state index in [1.165, 1.54) is 24.5 Å². The smallest absolute Gasteiger partial charge is 0.421 e. The van der Waals surface area contributed by atoms with Gasteiger partial charge in [-0.3, -0.25) is 0 Å². The molecule has 1 rings (SSSR count). The second kappa shape index (κ2) is 5.46. The first-order valence-corrected chi connectivity index (χ1v) is 5.10. The summed E-state index contributed by atoms with van der Waals surface area (Å²) in [5, 5.41) is 0. The average Bonchev–Trinajstić information content (AvgIpc) is 2.64. The van der Waals surface area contributed by atoms with Gasteiger partial charge in [-0.15, -0.1) is 11.3 Å². The van der Waals surface area contributed by atoms with Crippen LogP contribution < -0.4 is 0 Å². The van der Waals surface area contributed by atoms with Crippen LogP contribution in [0.2, 0.25) is 4.34 Å². The summed E-state index contributed by atoms with van der Waals surface area (Å²) in [6, 6.07) is 3.52. The van der Waals surface area contributed by atoms with Crippen LogP contribution in [0.5, 0.6) is 0 Å². The third-order valence-electron chi connectivity index (χ3n) is 1.50. The minimum absolute atomic E-state index is 0.165. The number of halogens is 1. The zero-order valence-corrected chi connectivity index (χ0v) is 9.38. The first-order valence-electron chi connectivity index (χ1n) is 3.91. The summed E-state index contributed by atoms with van der Waals surface area (Å²) in [4.78, 5) is 14.6. The van der Waals surface area contributed by atoms with Gasteiger partial charge in [-0.2, -0.15) is 4.79 Å². The Labute approximate surface area is 95.4 Å². The van der Waals surface area contributed by atoms with Crippen LogP contribution in [0, 0.1) is 0 Å². The molecule has 6 heteroatoms. The standard InChI is InChI=1S/C9H7ClN2O2S/c1-14-9(13)7(12-11)4-2-6-3-5-8(10)15-6/h2-5H,1H3/b4-2+. The fourth-order valence-electron chi connectivity index (χ4n) is 0.826. The monoisotopic (exact) mass is 242 g/mol. The molecule has 0 saturated heterocycles. The van der Waals surface area contributed by atoms with Gasteiger partial charge in [0.15, 0.2) is 0 Å². The molecular formula is C9H7ClN2O2S. The number of ether oxygens (including phenoxy) is 1. The van der Waals surface area contributed by atoms with Gasteiger partial charge in [0.25, 0.3) is 0 Å². The summed E-state index contributed by atoms with van der Waals surface area (Å²) < 4.78 is 5.04. The fraction of sp³-hybridized carbons (Fsp3) is 0.111. The van der Waals surface area contributed by atoms with Gasteiger partial charge in [0.2, 0.25) is 0 Å². The average molecular weight is 243 g/mol. The molecule has 0 bridgehead atoms. The van der Waals surface area contributed by atoms with Crippen LogP contribution in [-0.2, 0) is 9.53 Å². The number of carbonyl (C=O) groups excluding carboxylic acids is 1. The van der Waals surface area contributed by atoms with Crippen molar-refractivity contribution in [3.63, 3.8) is 0 Å². The Bertz CT molecular complexity index is 447. The lowest BCUT2D eigenvalue weighted by Crippen LogP contribution is -2.13. The van der Waals surface area contributed by atoms with Crippen molar-refractivity contribution in [2.75, 3.05) is 7.11 Å². The van der Waals surface area contributed by atoms with Gasteiger partial charge in [0.1, 0.15) is 0 Å². The van der Waals surface area contributed by atoms with E-state index < -0.39 is 5.97 Å². The van der Waals surface area contributed by atoms with Gasteiger partial charge >= 0.3 is 11.7 Å². The number of methoxy groups -OCH3 is 1. The van der Waals surface area contributed by atoms with Gasteiger partial charge in [-0.05, 0) is 18.2 Å². The highest BCUT2D eigenvalue weighted by Gasteiger charge is 2.16. The molecule has 0 saturated carbocycles. The number of nitrogens with zero attached hydrogens (tertiary/aromatic N) is 2. The van der Waals surface area contributed by atoms with Crippen LogP contribution in [0.4, 0.5) is 0 Å².